The van der Waals surface area contributed by atoms with E-state index in [9.17, 15) is 9.59 Å². The van der Waals surface area contributed by atoms with Crippen molar-refractivity contribution in [2.75, 3.05) is 12.4 Å². The zero-order valence-corrected chi connectivity index (χ0v) is 15.8. The molecule has 1 atom stereocenters. The van der Waals surface area contributed by atoms with E-state index >= 15 is 0 Å². The SMILES string of the molecule is COC(=O)c1cnc(NC(=O)C(C)Oc2cccc(C(C)(C)C)c2)s1. The van der Waals surface area contributed by atoms with E-state index in [2.05, 4.69) is 35.8 Å². The van der Waals surface area contributed by atoms with Gasteiger partial charge in [-0.2, -0.15) is 0 Å². The summed E-state index contributed by atoms with van der Waals surface area (Å²) in [4.78, 5) is 28.0. The van der Waals surface area contributed by atoms with Gasteiger partial charge in [0, 0.05) is 0 Å². The molecular formula is C18H22N2O4S. The Morgan fingerprint density at radius 2 is 2.00 bits per heavy atom. The lowest BCUT2D eigenvalue weighted by molar-refractivity contribution is -0.122. The van der Waals surface area contributed by atoms with Gasteiger partial charge in [0.1, 0.15) is 10.6 Å². The van der Waals surface area contributed by atoms with Gasteiger partial charge in [-0.05, 0) is 30.0 Å². The van der Waals surface area contributed by atoms with Gasteiger partial charge in [-0.1, -0.05) is 44.2 Å². The third-order valence-electron chi connectivity index (χ3n) is 3.50. The van der Waals surface area contributed by atoms with Crippen LogP contribution in [0.5, 0.6) is 5.75 Å². The molecule has 1 heterocycles. The summed E-state index contributed by atoms with van der Waals surface area (Å²) in [7, 11) is 1.29. The van der Waals surface area contributed by atoms with Crippen LogP contribution in [0.3, 0.4) is 0 Å². The Morgan fingerprint density at radius 1 is 1.28 bits per heavy atom. The zero-order valence-electron chi connectivity index (χ0n) is 15.0. The van der Waals surface area contributed by atoms with Gasteiger partial charge in [0.2, 0.25) is 0 Å². The first-order valence-electron chi connectivity index (χ1n) is 7.83. The lowest BCUT2D eigenvalue weighted by Crippen LogP contribution is -2.30. The molecule has 0 saturated heterocycles. The quantitative estimate of drug-likeness (QED) is 0.822. The minimum atomic E-state index is -0.708. The molecule has 1 N–H and O–H groups in total. The number of thiazole rings is 1. The van der Waals surface area contributed by atoms with E-state index < -0.39 is 12.1 Å². The first kappa shape index (κ1) is 18.9. The lowest BCUT2D eigenvalue weighted by Gasteiger charge is -2.21. The number of methoxy groups -OCH3 is 1. The molecule has 0 aliphatic rings. The molecule has 0 spiro atoms. The molecule has 1 aromatic carbocycles. The van der Waals surface area contributed by atoms with Crippen LogP contribution in [-0.2, 0) is 14.9 Å². The second-order valence-corrected chi connectivity index (χ2v) is 7.58. The van der Waals surface area contributed by atoms with Crippen molar-refractivity contribution < 1.29 is 19.1 Å². The van der Waals surface area contributed by atoms with Crippen LogP contribution in [0.15, 0.2) is 30.5 Å². The Morgan fingerprint density at radius 3 is 2.64 bits per heavy atom. The highest BCUT2D eigenvalue weighted by molar-refractivity contribution is 7.17. The largest absolute Gasteiger partial charge is 0.481 e. The van der Waals surface area contributed by atoms with Crippen LogP contribution in [-0.4, -0.2) is 30.1 Å². The van der Waals surface area contributed by atoms with Crippen molar-refractivity contribution in [3.8, 4) is 5.75 Å². The Kier molecular flexibility index (Phi) is 5.79. The van der Waals surface area contributed by atoms with Crippen molar-refractivity contribution in [2.24, 2.45) is 0 Å². The molecule has 0 aliphatic carbocycles. The number of benzene rings is 1. The molecule has 25 heavy (non-hydrogen) atoms. The minimum Gasteiger partial charge on any atom is -0.481 e. The maximum atomic E-state index is 12.3. The number of nitrogens with one attached hydrogen (secondary N) is 1. The highest BCUT2D eigenvalue weighted by atomic mass is 32.1. The zero-order chi connectivity index (χ0) is 18.6. The molecule has 0 fully saturated rings. The first-order valence-corrected chi connectivity index (χ1v) is 8.64. The molecule has 2 rings (SSSR count). The molecule has 0 radical (unpaired) electrons. The summed E-state index contributed by atoms with van der Waals surface area (Å²) in [5, 5.41) is 2.97. The number of ether oxygens (including phenoxy) is 2. The molecule has 0 bridgehead atoms. The minimum absolute atomic E-state index is 0.00393. The van der Waals surface area contributed by atoms with E-state index in [0.29, 0.717) is 15.8 Å². The highest BCUT2D eigenvalue weighted by Crippen LogP contribution is 2.26. The lowest BCUT2D eigenvalue weighted by atomic mass is 9.87. The smallest absolute Gasteiger partial charge is 0.349 e. The number of carbonyl (C=O) groups is 2. The Bertz CT molecular complexity index is 764. The van der Waals surface area contributed by atoms with Gasteiger partial charge in [-0.15, -0.1) is 0 Å². The van der Waals surface area contributed by atoms with Crippen molar-refractivity contribution in [1.82, 2.24) is 4.98 Å². The molecule has 7 heteroatoms. The number of nitrogens with zero attached hydrogens (tertiary/aromatic N) is 1. The van der Waals surface area contributed by atoms with Crippen molar-refractivity contribution in [1.29, 1.82) is 0 Å². The van der Waals surface area contributed by atoms with Crippen molar-refractivity contribution in [3.05, 3.63) is 40.9 Å². The average molecular weight is 362 g/mol. The maximum absolute atomic E-state index is 12.3. The fraction of sp³-hybridized carbons (Fsp3) is 0.389. The third kappa shape index (κ3) is 5.03. The summed E-state index contributed by atoms with van der Waals surface area (Å²) in [6.45, 7) is 8.00. The molecule has 6 nitrogen and oxygen atoms in total. The molecule has 0 aliphatic heterocycles. The number of esters is 1. The van der Waals surface area contributed by atoms with Crippen molar-refractivity contribution >= 4 is 28.3 Å². The number of anilines is 1. The van der Waals surface area contributed by atoms with Gasteiger partial charge in [0.25, 0.3) is 5.91 Å². The van der Waals surface area contributed by atoms with Gasteiger partial charge in [0.05, 0.1) is 13.3 Å². The molecular weight excluding hydrogens is 340 g/mol. The van der Waals surface area contributed by atoms with Crippen LogP contribution in [0, 0.1) is 0 Å². The van der Waals surface area contributed by atoms with E-state index in [-0.39, 0.29) is 11.3 Å². The van der Waals surface area contributed by atoms with Gasteiger partial charge >= 0.3 is 5.97 Å². The predicted molar refractivity (Wildman–Crippen MR) is 97.3 cm³/mol. The number of hydrogen-bond donors (Lipinski definition) is 1. The van der Waals surface area contributed by atoms with Crippen LogP contribution in [0.25, 0.3) is 0 Å². The summed E-state index contributed by atoms with van der Waals surface area (Å²) in [5.74, 6) is -0.197. The van der Waals surface area contributed by atoms with E-state index in [4.69, 9.17) is 4.74 Å². The van der Waals surface area contributed by atoms with E-state index in [1.54, 1.807) is 6.92 Å². The Hall–Kier alpha value is -2.41. The van der Waals surface area contributed by atoms with Gasteiger partial charge in [-0.3, -0.25) is 10.1 Å². The molecule has 1 unspecified atom stereocenters. The van der Waals surface area contributed by atoms with Crippen LogP contribution in [0.2, 0.25) is 0 Å². The second kappa shape index (κ2) is 7.65. The number of aromatic nitrogens is 1. The van der Waals surface area contributed by atoms with Crippen LogP contribution < -0.4 is 10.1 Å². The Labute approximate surface area is 151 Å². The normalized spacial score (nSPS) is 12.4. The van der Waals surface area contributed by atoms with Crippen LogP contribution >= 0.6 is 11.3 Å². The van der Waals surface area contributed by atoms with E-state index in [1.807, 2.05) is 24.3 Å². The molecule has 2 aromatic rings. The second-order valence-electron chi connectivity index (χ2n) is 6.55. The maximum Gasteiger partial charge on any atom is 0.349 e. The summed E-state index contributed by atoms with van der Waals surface area (Å²) in [6, 6.07) is 7.69. The summed E-state index contributed by atoms with van der Waals surface area (Å²) in [6.07, 6.45) is 0.658. The van der Waals surface area contributed by atoms with Gasteiger partial charge < -0.3 is 9.47 Å². The topological polar surface area (TPSA) is 77.5 Å². The van der Waals surface area contributed by atoms with E-state index in [0.717, 1.165) is 16.9 Å². The highest BCUT2D eigenvalue weighted by Gasteiger charge is 2.19. The van der Waals surface area contributed by atoms with Crippen molar-refractivity contribution in [3.63, 3.8) is 0 Å². The molecule has 1 aromatic heterocycles. The van der Waals surface area contributed by atoms with Crippen LogP contribution in [0.1, 0.15) is 42.9 Å². The monoisotopic (exact) mass is 362 g/mol. The third-order valence-corrected chi connectivity index (χ3v) is 4.40. The summed E-state index contributed by atoms with van der Waals surface area (Å²) >= 11 is 1.05. The number of rotatable bonds is 5. The molecule has 1 amide bonds. The van der Waals surface area contributed by atoms with Gasteiger partial charge in [0.15, 0.2) is 11.2 Å². The fourth-order valence-electron chi connectivity index (χ4n) is 2.03. The van der Waals surface area contributed by atoms with Gasteiger partial charge in [-0.25, -0.2) is 9.78 Å². The summed E-state index contributed by atoms with van der Waals surface area (Å²) in [5.41, 5.74) is 1.12. The standard InChI is InChI=1S/C18H22N2O4S/c1-11(24-13-8-6-7-12(9-13)18(2,3)4)15(21)20-17-19-10-14(25-17)16(22)23-5/h6-11H,1-5H3,(H,19,20,21). The number of amides is 1. The number of hydrogen-bond acceptors (Lipinski definition) is 6. The van der Waals surface area contributed by atoms with E-state index in [1.165, 1.54) is 13.3 Å². The molecule has 0 saturated carbocycles. The average Bonchev–Trinajstić information content (AvgIpc) is 3.02. The summed E-state index contributed by atoms with van der Waals surface area (Å²) < 4.78 is 10.3. The Balaban J connectivity index is 2.01. The fourth-order valence-corrected chi connectivity index (χ4v) is 2.76. The van der Waals surface area contributed by atoms with Crippen molar-refractivity contribution in [2.45, 2.75) is 39.2 Å². The van der Waals surface area contributed by atoms with Crippen LogP contribution in [0.4, 0.5) is 5.13 Å². The number of carbonyl (C=O) groups excluding carboxylic acids is 2. The predicted octanol–water partition coefficient (Wildman–Crippen LogP) is 3.63. The molecule has 134 valence electrons. The first-order chi connectivity index (χ1) is 11.7.